The molecule has 0 fully saturated rings. The molecule has 1 amide bonds. The second-order valence-electron chi connectivity index (χ2n) is 4.80. The number of methoxy groups -OCH3 is 2. The molecule has 0 bridgehead atoms. The van der Waals surface area contributed by atoms with E-state index in [-0.39, 0.29) is 23.7 Å². The van der Waals surface area contributed by atoms with Gasteiger partial charge < -0.3 is 14.8 Å². The fourth-order valence-electron chi connectivity index (χ4n) is 1.93. The molecule has 7 nitrogen and oxygen atoms in total. The number of ether oxygens (including phenoxy) is 2. The van der Waals surface area contributed by atoms with Crippen molar-refractivity contribution < 1.29 is 32.2 Å². The number of rotatable bonds is 5. The van der Waals surface area contributed by atoms with Crippen LogP contribution in [0.3, 0.4) is 0 Å². The number of hydrogen-bond donors (Lipinski definition) is 1. The van der Waals surface area contributed by atoms with Crippen LogP contribution in [0.2, 0.25) is 0 Å². The van der Waals surface area contributed by atoms with Crippen molar-refractivity contribution in [3.8, 4) is 11.4 Å². The summed E-state index contributed by atoms with van der Waals surface area (Å²) < 4.78 is 48.9. The number of nitrogens with one attached hydrogen (secondary N) is 1. The van der Waals surface area contributed by atoms with Gasteiger partial charge in [-0.15, -0.1) is 0 Å². The lowest BCUT2D eigenvalue weighted by Crippen LogP contribution is -2.30. The van der Waals surface area contributed by atoms with Crippen LogP contribution in [0.15, 0.2) is 30.5 Å². The van der Waals surface area contributed by atoms with Gasteiger partial charge in [0.25, 0.3) is 5.91 Å². The van der Waals surface area contributed by atoms with Crippen LogP contribution in [0.25, 0.3) is 5.69 Å². The molecule has 0 atom stereocenters. The third-order valence-electron chi connectivity index (χ3n) is 3.17. The third-order valence-corrected chi connectivity index (χ3v) is 3.17. The Morgan fingerprint density at radius 2 is 2.00 bits per heavy atom. The van der Waals surface area contributed by atoms with Crippen LogP contribution in [-0.4, -0.2) is 42.4 Å². The zero-order valence-electron chi connectivity index (χ0n) is 13.3. The Hall–Kier alpha value is -3.04. The van der Waals surface area contributed by atoms with E-state index in [2.05, 4.69) is 15.2 Å². The monoisotopic (exact) mass is 357 g/mol. The molecular weight excluding hydrogens is 343 g/mol. The highest BCUT2D eigenvalue weighted by Gasteiger charge is 2.30. The lowest BCUT2D eigenvalue weighted by atomic mass is 10.2. The van der Waals surface area contributed by atoms with Gasteiger partial charge in [-0.25, -0.2) is 4.68 Å². The van der Waals surface area contributed by atoms with Crippen molar-refractivity contribution in [2.45, 2.75) is 6.18 Å². The van der Waals surface area contributed by atoms with Crippen LogP contribution < -0.4 is 10.1 Å². The first-order chi connectivity index (χ1) is 11.8. The summed E-state index contributed by atoms with van der Waals surface area (Å²) in [6, 6.07) is 4.44. The molecule has 0 spiro atoms. The Labute approximate surface area is 140 Å². The Morgan fingerprint density at radius 1 is 1.28 bits per heavy atom. The highest BCUT2D eigenvalue weighted by Crippen LogP contribution is 2.30. The summed E-state index contributed by atoms with van der Waals surface area (Å²) in [7, 11) is 2.45. The Bertz CT molecular complexity index is 787. The third kappa shape index (κ3) is 4.28. The summed E-state index contributed by atoms with van der Waals surface area (Å²) in [6.07, 6.45) is -3.24. The van der Waals surface area contributed by atoms with Crippen LogP contribution in [-0.2, 0) is 15.7 Å². The molecular formula is C15H14F3N3O4. The van der Waals surface area contributed by atoms with Crippen molar-refractivity contribution in [1.29, 1.82) is 0 Å². The number of carbonyl (C=O) groups excluding carboxylic acids is 2. The highest BCUT2D eigenvalue weighted by molar-refractivity contribution is 5.96. The van der Waals surface area contributed by atoms with Crippen LogP contribution in [0.4, 0.5) is 13.2 Å². The molecule has 0 aliphatic carbocycles. The number of aromatic nitrogens is 2. The van der Waals surface area contributed by atoms with Crippen LogP contribution in [0.5, 0.6) is 5.75 Å². The summed E-state index contributed by atoms with van der Waals surface area (Å²) in [5.41, 5.74) is -0.930. The molecule has 1 N–H and O–H groups in total. The number of nitrogens with zero attached hydrogens (tertiary/aromatic N) is 2. The Balaban J connectivity index is 2.31. The van der Waals surface area contributed by atoms with Crippen LogP contribution >= 0.6 is 0 Å². The van der Waals surface area contributed by atoms with Crippen molar-refractivity contribution >= 4 is 11.9 Å². The lowest BCUT2D eigenvalue weighted by Gasteiger charge is -2.08. The molecule has 0 saturated carbocycles. The maximum Gasteiger partial charge on any atom is 0.416 e. The number of amides is 1. The molecule has 0 aliphatic rings. The second kappa shape index (κ2) is 7.24. The van der Waals surface area contributed by atoms with E-state index in [0.29, 0.717) is 0 Å². The van der Waals surface area contributed by atoms with Gasteiger partial charge in [-0.3, -0.25) is 9.59 Å². The number of esters is 1. The molecule has 0 radical (unpaired) electrons. The van der Waals surface area contributed by atoms with Gasteiger partial charge in [-0.1, -0.05) is 6.07 Å². The number of carbonyl (C=O) groups is 2. The summed E-state index contributed by atoms with van der Waals surface area (Å²) in [6.45, 7) is -0.380. The van der Waals surface area contributed by atoms with E-state index in [4.69, 9.17) is 4.74 Å². The minimum Gasteiger partial charge on any atom is -0.493 e. The van der Waals surface area contributed by atoms with Gasteiger partial charge in [0.05, 0.1) is 31.7 Å². The molecule has 0 unspecified atom stereocenters. The number of alkyl halides is 3. The van der Waals surface area contributed by atoms with Gasteiger partial charge in [0, 0.05) is 0 Å². The highest BCUT2D eigenvalue weighted by atomic mass is 19.4. The van der Waals surface area contributed by atoms with Gasteiger partial charge in [0.15, 0.2) is 11.4 Å². The summed E-state index contributed by atoms with van der Waals surface area (Å²) >= 11 is 0. The number of halogens is 3. The van der Waals surface area contributed by atoms with E-state index < -0.39 is 23.6 Å². The standard InChI is InChI=1S/C15H14F3N3O4/c1-24-11-8-21(10-5-3-4-9(6-10)15(16,17)18)20-13(11)14(23)19-7-12(22)25-2/h3-6,8H,7H2,1-2H3,(H,19,23). The van der Waals surface area contributed by atoms with E-state index in [9.17, 15) is 22.8 Å². The van der Waals surface area contributed by atoms with Gasteiger partial charge in [-0.05, 0) is 18.2 Å². The van der Waals surface area contributed by atoms with Gasteiger partial charge in [-0.2, -0.15) is 18.3 Å². The minimum absolute atomic E-state index is 0.0415. The largest absolute Gasteiger partial charge is 0.493 e. The smallest absolute Gasteiger partial charge is 0.416 e. The Morgan fingerprint density at radius 3 is 2.60 bits per heavy atom. The normalized spacial score (nSPS) is 11.1. The molecule has 1 aromatic carbocycles. The summed E-state index contributed by atoms with van der Waals surface area (Å²) in [5.74, 6) is -1.35. The fourth-order valence-corrected chi connectivity index (χ4v) is 1.93. The van der Waals surface area contributed by atoms with E-state index in [1.165, 1.54) is 25.4 Å². The SMILES string of the molecule is COC(=O)CNC(=O)c1nn(-c2cccc(C(F)(F)F)c2)cc1OC. The van der Waals surface area contributed by atoms with Crippen molar-refractivity contribution in [2.75, 3.05) is 20.8 Å². The zero-order chi connectivity index (χ0) is 18.6. The molecule has 1 heterocycles. The fraction of sp³-hybridized carbons (Fsp3) is 0.267. The van der Waals surface area contributed by atoms with Gasteiger partial charge in [0.1, 0.15) is 6.54 Å². The predicted octanol–water partition coefficient (Wildman–Crippen LogP) is 1.80. The van der Waals surface area contributed by atoms with E-state index >= 15 is 0 Å². The average Bonchev–Trinajstić information content (AvgIpc) is 3.03. The molecule has 134 valence electrons. The van der Waals surface area contributed by atoms with Crippen molar-refractivity contribution in [3.05, 3.63) is 41.7 Å². The maximum absolute atomic E-state index is 12.8. The van der Waals surface area contributed by atoms with E-state index in [1.807, 2.05) is 0 Å². The molecule has 10 heteroatoms. The minimum atomic E-state index is -4.51. The Kier molecular flexibility index (Phi) is 5.30. The number of hydrogen-bond acceptors (Lipinski definition) is 5. The molecule has 0 aliphatic heterocycles. The van der Waals surface area contributed by atoms with E-state index in [0.717, 1.165) is 23.9 Å². The molecule has 2 rings (SSSR count). The van der Waals surface area contributed by atoms with Crippen LogP contribution in [0, 0.1) is 0 Å². The van der Waals surface area contributed by atoms with Crippen LogP contribution in [0.1, 0.15) is 16.1 Å². The first-order valence-electron chi connectivity index (χ1n) is 6.92. The van der Waals surface area contributed by atoms with Crippen molar-refractivity contribution in [1.82, 2.24) is 15.1 Å². The zero-order valence-corrected chi connectivity index (χ0v) is 13.3. The predicted molar refractivity (Wildman–Crippen MR) is 79.5 cm³/mol. The van der Waals surface area contributed by atoms with Gasteiger partial charge in [0.2, 0.25) is 0 Å². The second-order valence-corrected chi connectivity index (χ2v) is 4.80. The molecule has 0 saturated heterocycles. The summed E-state index contributed by atoms with van der Waals surface area (Å²) in [5, 5.41) is 6.21. The van der Waals surface area contributed by atoms with Gasteiger partial charge >= 0.3 is 12.1 Å². The molecule has 25 heavy (non-hydrogen) atoms. The van der Waals surface area contributed by atoms with E-state index in [1.54, 1.807) is 0 Å². The lowest BCUT2D eigenvalue weighted by molar-refractivity contribution is -0.139. The van der Waals surface area contributed by atoms with Crippen molar-refractivity contribution in [2.24, 2.45) is 0 Å². The number of benzene rings is 1. The molecule has 1 aromatic heterocycles. The first kappa shape index (κ1) is 18.3. The maximum atomic E-state index is 12.8. The average molecular weight is 357 g/mol. The quantitative estimate of drug-likeness (QED) is 0.825. The summed E-state index contributed by atoms with van der Waals surface area (Å²) in [4.78, 5) is 23.1. The molecule has 2 aromatic rings. The first-order valence-corrected chi connectivity index (χ1v) is 6.92. The van der Waals surface area contributed by atoms with Crippen molar-refractivity contribution in [3.63, 3.8) is 0 Å². The topological polar surface area (TPSA) is 82.5 Å².